The predicted octanol–water partition coefficient (Wildman–Crippen LogP) is -0.666. The van der Waals surface area contributed by atoms with E-state index in [9.17, 15) is 0 Å². The molecule has 0 aliphatic rings. The molecule has 0 heterocycles. The molecule has 0 radical (unpaired) electrons. The van der Waals surface area contributed by atoms with Crippen LogP contribution in [0.2, 0.25) is 0 Å². The Morgan fingerprint density at radius 3 is 1.77 bits per heavy atom. The topological polar surface area (TPSA) is 0 Å². The first-order valence-electron chi connectivity index (χ1n) is 6.82. The van der Waals surface area contributed by atoms with Crippen LogP contribution < -0.4 is 24.8 Å². The van der Waals surface area contributed by atoms with Crippen molar-refractivity contribution in [2.75, 3.05) is 0 Å². The van der Waals surface area contributed by atoms with E-state index < -0.39 is 0 Å². The second-order valence-electron chi connectivity index (χ2n) is 5.01. The van der Waals surface area contributed by atoms with Gasteiger partial charge in [0.05, 0.1) is 0 Å². The molecule has 0 bridgehead atoms. The van der Waals surface area contributed by atoms with E-state index in [1.807, 2.05) is 30.3 Å². The number of aryl methyl sites for hydroxylation is 2. The fraction of sp³-hybridized carbons (Fsp3) is 0.211. The van der Waals surface area contributed by atoms with E-state index in [1.54, 1.807) is 24.2 Å². The van der Waals surface area contributed by atoms with Crippen LogP contribution in [0.3, 0.4) is 0 Å². The van der Waals surface area contributed by atoms with Gasteiger partial charge in [-0.1, -0.05) is 18.6 Å². The number of rotatable bonds is 0. The van der Waals surface area contributed by atoms with Gasteiger partial charge in [-0.3, -0.25) is 0 Å². The third-order valence-corrected chi connectivity index (χ3v) is 2.80. The molecule has 3 aromatic rings. The Balaban J connectivity index is 0. The molecule has 0 unspecified atom stereocenters. The van der Waals surface area contributed by atoms with Crippen molar-refractivity contribution in [3.8, 4) is 0 Å². The van der Waals surface area contributed by atoms with Gasteiger partial charge < -0.3 is 24.8 Å². The van der Waals surface area contributed by atoms with Gasteiger partial charge in [0, 0.05) is 0 Å². The van der Waals surface area contributed by atoms with E-state index in [4.69, 9.17) is 0 Å². The van der Waals surface area contributed by atoms with Crippen LogP contribution in [-0.2, 0) is 24.2 Å². The molecule has 0 saturated carbocycles. The summed E-state index contributed by atoms with van der Waals surface area (Å²) in [5.41, 5.74) is 2.74. The van der Waals surface area contributed by atoms with Crippen molar-refractivity contribution >= 4 is 14.0 Å². The molecule has 0 atom stereocenters. The quantitative estimate of drug-likeness (QED) is 0.430. The standard InChI is InChI=1S/C11H11.C5H5.C3H6.2ClH.Zr/c1-8-6-7-9(2)11-5-3-4-10(8)11;1-2-4-5-3-1;1-3-2;;;/h3-7H,1-2H3;1-5H;1-2H3;2*1H;/q2*-1;;;;+2/p-2. The van der Waals surface area contributed by atoms with Crippen LogP contribution in [0.4, 0.5) is 0 Å². The Hall–Kier alpha value is -0.487. The summed E-state index contributed by atoms with van der Waals surface area (Å²) in [6, 6.07) is 20.8. The molecule has 22 heavy (non-hydrogen) atoms. The number of halogens is 2. The van der Waals surface area contributed by atoms with Crippen molar-refractivity contribution < 1.29 is 49.0 Å². The van der Waals surface area contributed by atoms with E-state index in [0.717, 1.165) is 0 Å². The number of hydrogen-bond acceptors (Lipinski definition) is 0. The average Bonchev–Trinajstić information content (AvgIpc) is 3.05. The molecule has 0 aromatic heterocycles. The zero-order valence-corrected chi connectivity index (χ0v) is 17.5. The SMILES string of the molecule is C[C](C)=[Zr+2].Cc1ccc(C)c2[cH-]ccc12.[Cl-].[Cl-].c1cc[cH-]c1. The van der Waals surface area contributed by atoms with Gasteiger partial charge in [0.25, 0.3) is 0 Å². The van der Waals surface area contributed by atoms with Crippen molar-refractivity contribution in [2.45, 2.75) is 27.7 Å². The van der Waals surface area contributed by atoms with Crippen LogP contribution in [0, 0.1) is 13.8 Å². The predicted molar refractivity (Wildman–Crippen MR) is 87.4 cm³/mol. The van der Waals surface area contributed by atoms with Crippen molar-refractivity contribution in [1.82, 2.24) is 0 Å². The normalized spacial score (nSPS) is 8.45. The molecular weight excluding hydrogens is 390 g/mol. The summed E-state index contributed by atoms with van der Waals surface area (Å²) < 4.78 is 1.51. The monoisotopic (exact) mass is 410 g/mol. The fourth-order valence-corrected chi connectivity index (χ4v) is 1.86. The zero-order chi connectivity index (χ0) is 15.0. The van der Waals surface area contributed by atoms with Crippen LogP contribution in [0.5, 0.6) is 0 Å². The summed E-state index contributed by atoms with van der Waals surface area (Å²) in [6.07, 6.45) is 0. The molecule has 0 aliphatic carbocycles. The zero-order valence-electron chi connectivity index (χ0n) is 13.5. The van der Waals surface area contributed by atoms with E-state index in [1.165, 1.54) is 25.1 Å². The molecule has 0 saturated heterocycles. The Bertz CT molecular complexity index is 579. The Labute approximate surface area is 161 Å². The Morgan fingerprint density at radius 1 is 0.864 bits per heavy atom. The van der Waals surface area contributed by atoms with Crippen molar-refractivity contribution in [1.29, 1.82) is 0 Å². The molecular formula is C19H22Cl2Zr-2. The summed E-state index contributed by atoms with van der Waals surface area (Å²) in [4.78, 5) is 0. The fourth-order valence-electron chi connectivity index (χ4n) is 1.86. The van der Waals surface area contributed by atoms with Crippen LogP contribution in [-0.4, -0.2) is 3.21 Å². The summed E-state index contributed by atoms with van der Waals surface area (Å²) in [5, 5.41) is 2.79. The maximum atomic E-state index is 2.18. The van der Waals surface area contributed by atoms with E-state index >= 15 is 0 Å². The third-order valence-electron chi connectivity index (χ3n) is 2.80. The van der Waals surface area contributed by atoms with Gasteiger partial charge in [-0.15, -0.1) is 28.5 Å². The second-order valence-corrected chi connectivity index (χ2v) is 7.47. The van der Waals surface area contributed by atoms with Gasteiger partial charge >= 0.3 is 41.3 Å². The van der Waals surface area contributed by atoms with Crippen molar-refractivity contribution in [3.63, 3.8) is 0 Å². The number of fused-ring (bicyclic) bond motifs is 1. The van der Waals surface area contributed by atoms with E-state index in [0.29, 0.717) is 0 Å². The minimum absolute atomic E-state index is 0. The number of benzene rings is 1. The maximum Gasteiger partial charge on any atom is -0.0488 e. The molecule has 0 nitrogen and oxygen atoms in total. The molecule has 3 aromatic carbocycles. The average molecular weight is 413 g/mol. The van der Waals surface area contributed by atoms with Gasteiger partial charge in [-0.2, -0.15) is 30.3 Å². The van der Waals surface area contributed by atoms with Gasteiger partial charge in [0.1, 0.15) is 0 Å². The second kappa shape index (κ2) is 13.0. The molecule has 0 spiro atoms. The van der Waals surface area contributed by atoms with Crippen molar-refractivity contribution in [2.24, 2.45) is 0 Å². The van der Waals surface area contributed by atoms with Crippen LogP contribution in [0.25, 0.3) is 10.8 Å². The van der Waals surface area contributed by atoms with Crippen molar-refractivity contribution in [3.05, 3.63) is 71.8 Å². The summed E-state index contributed by atoms with van der Waals surface area (Å²) in [7, 11) is 0. The third kappa shape index (κ3) is 8.83. The van der Waals surface area contributed by atoms with Gasteiger partial charge in [0.15, 0.2) is 0 Å². The molecule has 0 fully saturated rings. The maximum absolute atomic E-state index is 2.18. The van der Waals surface area contributed by atoms with Gasteiger partial charge in [0.2, 0.25) is 0 Å². The van der Waals surface area contributed by atoms with E-state index in [-0.39, 0.29) is 24.8 Å². The Kier molecular flexibility index (Phi) is 14.0. The first kappa shape index (κ1) is 23.8. The largest absolute Gasteiger partial charge is 1.00 e. The van der Waals surface area contributed by atoms with Crippen LogP contribution in [0.1, 0.15) is 25.0 Å². The molecule has 0 amide bonds. The summed E-state index contributed by atoms with van der Waals surface area (Å²) in [6.45, 7) is 8.56. The molecule has 118 valence electrons. The Morgan fingerprint density at radius 2 is 1.36 bits per heavy atom. The first-order chi connectivity index (χ1) is 9.52. The molecule has 0 N–H and O–H groups in total. The molecule has 0 aliphatic heterocycles. The van der Waals surface area contributed by atoms with Crippen LogP contribution >= 0.6 is 0 Å². The number of hydrogen-bond donors (Lipinski definition) is 0. The minimum Gasteiger partial charge on any atom is -1.00 e. The molecule has 3 rings (SSSR count). The smallest absolute Gasteiger partial charge is 0.0488 e. The summed E-state index contributed by atoms with van der Waals surface area (Å²) in [5.74, 6) is 0. The summed E-state index contributed by atoms with van der Waals surface area (Å²) >= 11 is 1.55. The molecule has 3 heteroatoms. The van der Waals surface area contributed by atoms with Gasteiger partial charge in [-0.05, 0) is 6.92 Å². The van der Waals surface area contributed by atoms with Crippen LogP contribution in [0.15, 0.2) is 60.7 Å². The minimum atomic E-state index is 0. The van der Waals surface area contributed by atoms with E-state index in [2.05, 4.69) is 58.0 Å². The first-order valence-corrected chi connectivity index (χ1v) is 8.05. The van der Waals surface area contributed by atoms with Gasteiger partial charge in [-0.25, -0.2) is 12.1 Å².